The Hall–Kier alpha value is -1.76. The van der Waals surface area contributed by atoms with Crippen LogP contribution in [0.15, 0.2) is 66.8 Å². The van der Waals surface area contributed by atoms with Gasteiger partial charge in [-0.15, -0.1) is 6.58 Å². The highest BCUT2D eigenvalue weighted by Gasteiger charge is 2.15. The van der Waals surface area contributed by atoms with Crippen LogP contribution in [0.2, 0.25) is 0 Å². The third-order valence-electron chi connectivity index (χ3n) is 2.69. The van der Waals surface area contributed by atoms with E-state index in [4.69, 9.17) is 4.74 Å². The zero-order valence-corrected chi connectivity index (χ0v) is 9.88. The topological polar surface area (TPSA) is 9.23 Å². The van der Waals surface area contributed by atoms with Gasteiger partial charge in [-0.05, 0) is 30.5 Å². The lowest BCUT2D eigenvalue weighted by molar-refractivity contribution is 0.242. The van der Waals surface area contributed by atoms with Gasteiger partial charge in [0.25, 0.3) is 0 Å². The molecule has 0 amide bonds. The number of benzene rings is 1. The van der Waals surface area contributed by atoms with Gasteiger partial charge in [-0.25, -0.2) is 0 Å². The molecule has 87 valence electrons. The summed E-state index contributed by atoms with van der Waals surface area (Å²) in [5.41, 5.74) is 1.23. The van der Waals surface area contributed by atoms with Crippen LogP contribution in [0.1, 0.15) is 12.8 Å². The first-order chi connectivity index (χ1) is 8.40. The van der Waals surface area contributed by atoms with Gasteiger partial charge in [0.05, 0.1) is 0 Å². The molecule has 0 aromatic heterocycles. The molecule has 0 saturated heterocycles. The molecule has 17 heavy (non-hydrogen) atoms. The molecular formula is C16H17O. The second kappa shape index (κ2) is 6.09. The zero-order chi connectivity index (χ0) is 11.9. The number of para-hydroxylation sites is 1. The van der Waals surface area contributed by atoms with Crippen LogP contribution in [-0.2, 0) is 0 Å². The van der Waals surface area contributed by atoms with Crippen molar-refractivity contribution in [3.05, 3.63) is 73.2 Å². The quantitative estimate of drug-likeness (QED) is 0.685. The first kappa shape index (κ1) is 11.7. The Morgan fingerprint density at radius 1 is 1.29 bits per heavy atom. The Balaban J connectivity index is 2.09. The smallest absolute Gasteiger partial charge is 0.124 e. The van der Waals surface area contributed by atoms with Gasteiger partial charge >= 0.3 is 0 Å². The molecule has 1 atom stereocenters. The highest BCUT2D eigenvalue weighted by atomic mass is 16.5. The van der Waals surface area contributed by atoms with E-state index in [9.17, 15) is 0 Å². The fraction of sp³-hybridized carbons (Fsp3) is 0.188. The number of hydrogen-bond donors (Lipinski definition) is 0. The van der Waals surface area contributed by atoms with Crippen molar-refractivity contribution >= 4 is 0 Å². The normalized spacial score (nSPS) is 16.1. The molecule has 1 aromatic carbocycles. The minimum absolute atomic E-state index is 0.0693. The fourth-order valence-corrected chi connectivity index (χ4v) is 1.84. The third kappa shape index (κ3) is 3.35. The molecule has 0 spiro atoms. The predicted molar refractivity (Wildman–Crippen MR) is 71.8 cm³/mol. The summed E-state index contributed by atoms with van der Waals surface area (Å²) in [5, 5.41) is 0. The summed E-state index contributed by atoms with van der Waals surface area (Å²) in [6, 6.07) is 9.92. The summed E-state index contributed by atoms with van der Waals surface area (Å²) in [7, 11) is 0. The summed E-state index contributed by atoms with van der Waals surface area (Å²) in [5.74, 6) is 0.906. The van der Waals surface area contributed by atoms with E-state index in [1.54, 1.807) is 0 Å². The molecule has 1 radical (unpaired) electrons. The van der Waals surface area contributed by atoms with Gasteiger partial charge in [0.15, 0.2) is 0 Å². The maximum absolute atomic E-state index is 5.99. The first-order valence-corrected chi connectivity index (χ1v) is 5.92. The zero-order valence-electron chi connectivity index (χ0n) is 9.88. The number of ether oxygens (including phenoxy) is 1. The predicted octanol–water partition coefficient (Wildman–Crippen LogP) is 4.10. The SMILES string of the molecule is C=CCC(Oc1ccccc1)C1=CC=CC[CH]1. The highest BCUT2D eigenvalue weighted by molar-refractivity contribution is 5.32. The minimum Gasteiger partial charge on any atom is -0.486 e. The lowest BCUT2D eigenvalue weighted by Gasteiger charge is -2.21. The molecule has 0 bridgehead atoms. The summed E-state index contributed by atoms with van der Waals surface area (Å²) in [4.78, 5) is 0. The van der Waals surface area contributed by atoms with Crippen molar-refractivity contribution in [3.63, 3.8) is 0 Å². The molecule has 0 aliphatic heterocycles. The molecule has 0 N–H and O–H groups in total. The molecule has 2 rings (SSSR count). The van der Waals surface area contributed by atoms with Crippen molar-refractivity contribution in [2.24, 2.45) is 0 Å². The average Bonchev–Trinajstić information content (AvgIpc) is 2.40. The maximum atomic E-state index is 5.99. The summed E-state index contributed by atoms with van der Waals surface area (Å²) in [6.07, 6.45) is 12.3. The molecule has 1 unspecified atom stereocenters. The summed E-state index contributed by atoms with van der Waals surface area (Å²) >= 11 is 0. The van der Waals surface area contributed by atoms with Crippen molar-refractivity contribution in [3.8, 4) is 5.75 Å². The molecule has 1 heteroatoms. The van der Waals surface area contributed by atoms with Crippen LogP contribution in [0.5, 0.6) is 5.75 Å². The average molecular weight is 225 g/mol. The van der Waals surface area contributed by atoms with Crippen LogP contribution in [0, 0.1) is 6.42 Å². The number of allylic oxidation sites excluding steroid dienone is 3. The third-order valence-corrected chi connectivity index (χ3v) is 2.69. The minimum atomic E-state index is 0.0693. The van der Waals surface area contributed by atoms with E-state index >= 15 is 0 Å². The van der Waals surface area contributed by atoms with E-state index in [0.29, 0.717) is 0 Å². The van der Waals surface area contributed by atoms with Gasteiger partial charge in [-0.2, -0.15) is 0 Å². The van der Waals surface area contributed by atoms with E-state index in [-0.39, 0.29) is 6.10 Å². The van der Waals surface area contributed by atoms with Gasteiger partial charge in [-0.1, -0.05) is 42.5 Å². The molecular weight excluding hydrogens is 208 g/mol. The van der Waals surface area contributed by atoms with Crippen LogP contribution in [0.3, 0.4) is 0 Å². The maximum Gasteiger partial charge on any atom is 0.124 e. The second-order valence-corrected chi connectivity index (χ2v) is 3.98. The monoisotopic (exact) mass is 225 g/mol. The van der Waals surface area contributed by atoms with E-state index in [1.807, 2.05) is 36.4 Å². The summed E-state index contributed by atoms with van der Waals surface area (Å²) < 4.78 is 5.99. The molecule has 0 saturated carbocycles. The standard InChI is InChI=1S/C16H17O/c1-2-9-16(14-10-5-3-6-11-14)17-15-12-7-4-8-13-15/h2-5,7-8,10-13,16H,1,6,9H2. The molecule has 1 aliphatic carbocycles. The number of rotatable bonds is 5. The lowest BCUT2D eigenvalue weighted by Crippen LogP contribution is -2.19. The highest BCUT2D eigenvalue weighted by Crippen LogP contribution is 2.22. The van der Waals surface area contributed by atoms with Crippen molar-refractivity contribution in [2.75, 3.05) is 0 Å². The first-order valence-electron chi connectivity index (χ1n) is 5.92. The van der Waals surface area contributed by atoms with Gasteiger partial charge in [0.1, 0.15) is 11.9 Å². The van der Waals surface area contributed by atoms with Crippen molar-refractivity contribution in [1.29, 1.82) is 0 Å². The second-order valence-electron chi connectivity index (χ2n) is 3.98. The van der Waals surface area contributed by atoms with Crippen LogP contribution < -0.4 is 4.74 Å². The summed E-state index contributed by atoms with van der Waals surface area (Å²) in [6.45, 7) is 3.80. The van der Waals surface area contributed by atoms with Crippen molar-refractivity contribution < 1.29 is 4.74 Å². The van der Waals surface area contributed by atoms with E-state index in [0.717, 1.165) is 18.6 Å². The molecule has 0 heterocycles. The Bertz CT molecular complexity index is 414. The largest absolute Gasteiger partial charge is 0.486 e. The van der Waals surface area contributed by atoms with E-state index in [1.165, 1.54) is 5.57 Å². The van der Waals surface area contributed by atoms with Gasteiger partial charge < -0.3 is 4.74 Å². The molecule has 1 aromatic rings. The Morgan fingerprint density at radius 2 is 2.12 bits per heavy atom. The van der Waals surface area contributed by atoms with E-state index < -0.39 is 0 Å². The number of hydrogen-bond acceptors (Lipinski definition) is 1. The fourth-order valence-electron chi connectivity index (χ4n) is 1.84. The molecule has 0 fully saturated rings. The Morgan fingerprint density at radius 3 is 2.76 bits per heavy atom. The Kier molecular flexibility index (Phi) is 4.20. The van der Waals surface area contributed by atoms with E-state index in [2.05, 4.69) is 31.2 Å². The van der Waals surface area contributed by atoms with Gasteiger partial charge in [0, 0.05) is 6.42 Å². The van der Waals surface area contributed by atoms with Crippen molar-refractivity contribution in [1.82, 2.24) is 0 Å². The Labute approximate surface area is 103 Å². The van der Waals surface area contributed by atoms with Crippen molar-refractivity contribution in [2.45, 2.75) is 18.9 Å². The van der Waals surface area contributed by atoms with Crippen LogP contribution in [0.25, 0.3) is 0 Å². The van der Waals surface area contributed by atoms with Crippen LogP contribution in [0.4, 0.5) is 0 Å². The van der Waals surface area contributed by atoms with Gasteiger partial charge in [-0.3, -0.25) is 0 Å². The molecule has 1 aliphatic rings. The van der Waals surface area contributed by atoms with Crippen LogP contribution in [-0.4, -0.2) is 6.10 Å². The van der Waals surface area contributed by atoms with Crippen LogP contribution >= 0.6 is 0 Å². The van der Waals surface area contributed by atoms with Gasteiger partial charge in [0.2, 0.25) is 0 Å². The molecule has 1 nitrogen and oxygen atoms in total. The lowest BCUT2D eigenvalue weighted by atomic mass is 9.97.